The molecule has 1 saturated heterocycles. The Bertz CT molecular complexity index is 524. The maximum Gasteiger partial charge on any atom is 0.347 e. The van der Waals surface area contributed by atoms with Crippen LogP contribution >= 0.6 is 11.3 Å². The summed E-state index contributed by atoms with van der Waals surface area (Å²) in [6, 6.07) is 0.869. The fourth-order valence-corrected chi connectivity index (χ4v) is 3.79. The number of hydrogen-bond donors (Lipinski definition) is 1. The number of nitrogens with zero attached hydrogens (tertiary/aromatic N) is 3. The SMILES string of the molecule is CC1CN(c2nc(C(C)(C)C)c(C(=O)O)s2)CC(C)N1C. The highest BCUT2D eigenvalue weighted by atomic mass is 32.1. The third-order valence-corrected chi connectivity index (χ3v) is 5.25. The van der Waals surface area contributed by atoms with Crippen molar-refractivity contribution in [2.24, 2.45) is 0 Å². The summed E-state index contributed by atoms with van der Waals surface area (Å²) in [5.74, 6) is -0.876. The van der Waals surface area contributed by atoms with E-state index in [4.69, 9.17) is 0 Å². The van der Waals surface area contributed by atoms with E-state index in [1.165, 1.54) is 11.3 Å². The molecule has 6 heteroatoms. The Labute approximate surface area is 130 Å². The van der Waals surface area contributed by atoms with Crippen LogP contribution in [0.5, 0.6) is 0 Å². The summed E-state index contributed by atoms with van der Waals surface area (Å²) in [7, 11) is 2.14. The average Bonchev–Trinajstić information content (AvgIpc) is 2.80. The smallest absolute Gasteiger partial charge is 0.347 e. The van der Waals surface area contributed by atoms with E-state index in [9.17, 15) is 9.90 Å². The van der Waals surface area contributed by atoms with Gasteiger partial charge in [0.05, 0.1) is 5.69 Å². The number of carboxylic acid groups (broad SMARTS) is 1. The molecule has 1 aromatic heterocycles. The normalized spacial score (nSPS) is 24.4. The van der Waals surface area contributed by atoms with Crippen molar-refractivity contribution in [3.63, 3.8) is 0 Å². The number of hydrogen-bond acceptors (Lipinski definition) is 5. The Morgan fingerprint density at radius 2 is 1.81 bits per heavy atom. The second kappa shape index (κ2) is 5.57. The lowest BCUT2D eigenvalue weighted by Crippen LogP contribution is -2.55. The largest absolute Gasteiger partial charge is 0.477 e. The van der Waals surface area contributed by atoms with Crippen LogP contribution in [-0.2, 0) is 5.41 Å². The number of thiazole rings is 1. The van der Waals surface area contributed by atoms with Gasteiger partial charge in [-0.2, -0.15) is 0 Å². The van der Waals surface area contributed by atoms with Gasteiger partial charge < -0.3 is 10.0 Å². The van der Waals surface area contributed by atoms with Gasteiger partial charge in [0.25, 0.3) is 0 Å². The van der Waals surface area contributed by atoms with Gasteiger partial charge in [0.1, 0.15) is 4.88 Å². The lowest BCUT2D eigenvalue weighted by molar-refractivity contribution is 0.0699. The molecule has 2 rings (SSSR count). The first-order valence-corrected chi connectivity index (χ1v) is 8.14. The molecule has 0 radical (unpaired) electrons. The van der Waals surface area contributed by atoms with Crippen molar-refractivity contribution in [3.8, 4) is 0 Å². The number of anilines is 1. The average molecular weight is 311 g/mol. The van der Waals surface area contributed by atoms with Crippen LogP contribution in [0.2, 0.25) is 0 Å². The van der Waals surface area contributed by atoms with Crippen molar-refractivity contribution >= 4 is 22.4 Å². The van der Waals surface area contributed by atoms with Crippen molar-refractivity contribution in [3.05, 3.63) is 10.6 Å². The summed E-state index contributed by atoms with van der Waals surface area (Å²) in [5.41, 5.74) is 0.431. The molecule has 1 fully saturated rings. The predicted molar refractivity (Wildman–Crippen MR) is 86.7 cm³/mol. The monoisotopic (exact) mass is 311 g/mol. The van der Waals surface area contributed by atoms with Gasteiger partial charge in [-0.3, -0.25) is 4.90 Å². The maximum absolute atomic E-state index is 11.5. The van der Waals surface area contributed by atoms with Crippen LogP contribution in [0.1, 0.15) is 50.0 Å². The second-order valence-corrected chi connectivity index (χ2v) is 7.98. The Balaban J connectivity index is 2.35. The maximum atomic E-state index is 11.5. The highest BCUT2D eigenvalue weighted by Crippen LogP contribution is 2.35. The standard InChI is InChI=1S/C15H25N3O2S/c1-9-7-18(8-10(2)17(9)6)14-16-12(15(3,4)5)11(21-14)13(19)20/h9-10H,7-8H2,1-6H3,(H,19,20). The lowest BCUT2D eigenvalue weighted by atomic mass is 9.91. The van der Waals surface area contributed by atoms with Crippen molar-refractivity contribution < 1.29 is 9.90 Å². The third-order valence-electron chi connectivity index (χ3n) is 4.15. The molecule has 2 atom stereocenters. The number of aromatic carboxylic acids is 1. The highest BCUT2D eigenvalue weighted by molar-refractivity contribution is 7.17. The molecule has 5 nitrogen and oxygen atoms in total. The number of carboxylic acids is 1. The Morgan fingerprint density at radius 3 is 2.19 bits per heavy atom. The number of likely N-dealkylation sites (N-methyl/N-ethyl adjacent to an activating group) is 1. The third kappa shape index (κ3) is 3.21. The topological polar surface area (TPSA) is 56.7 Å². The van der Waals surface area contributed by atoms with Crippen LogP contribution in [0.4, 0.5) is 5.13 Å². The molecule has 1 N–H and O–H groups in total. The number of rotatable bonds is 2. The van der Waals surface area contributed by atoms with E-state index in [1.807, 2.05) is 20.8 Å². The summed E-state index contributed by atoms with van der Waals surface area (Å²) in [6.07, 6.45) is 0. The van der Waals surface area contributed by atoms with E-state index < -0.39 is 5.97 Å². The fraction of sp³-hybridized carbons (Fsp3) is 0.733. The van der Waals surface area contributed by atoms with Crippen LogP contribution in [0.3, 0.4) is 0 Å². The number of carbonyl (C=O) groups is 1. The van der Waals surface area contributed by atoms with Crippen molar-refractivity contribution in [1.29, 1.82) is 0 Å². The summed E-state index contributed by atoms with van der Waals surface area (Å²) in [4.78, 5) is 21.1. The second-order valence-electron chi connectivity index (χ2n) is 7.00. The van der Waals surface area contributed by atoms with Gasteiger partial charge in [-0.1, -0.05) is 32.1 Å². The fourth-order valence-electron chi connectivity index (χ4n) is 2.66. The minimum absolute atomic E-state index is 0.258. The van der Waals surface area contributed by atoms with Crippen LogP contribution in [0, 0.1) is 0 Å². The molecule has 1 aromatic rings. The minimum Gasteiger partial charge on any atom is -0.477 e. The lowest BCUT2D eigenvalue weighted by Gasteiger charge is -2.42. The van der Waals surface area contributed by atoms with Gasteiger partial charge in [0.2, 0.25) is 0 Å². The summed E-state index contributed by atoms with van der Waals surface area (Å²) >= 11 is 1.30. The molecule has 0 saturated carbocycles. The van der Waals surface area contributed by atoms with Gasteiger partial charge in [-0.05, 0) is 20.9 Å². The number of piperazine rings is 1. The zero-order chi connectivity index (χ0) is 15.9. The molecule has 2 heterocycles. The van der Waals surface area contributed by atoms with Gasteiger partial charge in [-0.15, -0.1) is 0 Å². The van der Waals surface area contributed by atoms with E-state index in [1.54, 1.807) is 0 Å². The molecule has 1 aliphatic heterocycles. The van der Waals surface area contributed by atoms with Crippen molar-refractivity contribution in [2.75, 3.05) is 25.0 Å². The number of aromatic nitrogens is 1. The molecule has 0 amide bonds. The van der Waals surface area contributed by atoms with Gasteiger partial charge in [-0.25, -0.2) is 9.78 Å². The molecule has 0 spiro atoms. The van der Waals surface area contributed by atoms with Gasteiger partial charge in [0, 0.05) is 30.6 Å². The van der Waals surface area contributed by atoms with Crippen LogP contribution in [0.25, 0.3) is 0 Å². The summed E-state index contributed by atoms with van der Waals surface area (Å²) in [6.45, 7) is 12.2. The van der Waals surface area contributed by atoms with E-state index in [0.29, 0.717) is 22.7 Å². The van der Waals surface area contributed by atoms with Crippen LogP contribution in [0.15, 0.2) is 0 Å². The molecule has 0 bridgehead atoms. The molecular formula is C15H25N3O2S. The summed E-state index contributed by atoms with van der Waals surface area (Å²) < 4.78 is 0. The van der Waals surface area contributed by atoms with E-state index >= 15 is 0 Å². The quantitative estimate of drug-likeness (QED) is 0.910. The van der Waals surface area contributed by atoms with Crippen LogP contribution in [-0.4, -0.2) is 53.2 Å². The molecule has 118 valence electrons. The van der Waals surface area contributed by atoms with Gasteiger partial charge in [0.15, 0.2) is 5.13 Å². The molecule has 1 aliphatic rings. The zero-order valence-corrected chi connectivity index (χ0v) is 14.5. The predicted octanol–water partition coefficient (Wildman–Crippen LogP) is 2.67. The highest BCUT2D eigenvalue weighted by Gasteiger charge is 2.32. The first kappa shape index (κ1) is 16.2. The Morgan fingerprint density at radius 1 is 1.29 bits per heavy atom. The molecule has 0 aromatic carbocycles. The Hall–Kier alpha value is -1.14. The molecular weight excluding hydrogens is 286 g/mol. The molecule has 0 aliphatic carbocycles. The first-order chi connectivity index (χ1) is 9.61. The Kier molecular flexibility index (Phi) is 4.31. The van der Waals surface area contributed by atoms with E-state index in [2.05, 4.69) is 35.7 Å². The van der Waals surface area contributed by atoms with Crippen molar-refractivity contribution in [2.45, 2.75) is 52.1 Å². The van der Waals surface area contributed by atoms with E-state index in [-0.39, 0.29) is 5.41 Å². The van der Waals surface area contributed by atoms with Crippen molar-refractivity contribution in [1.82, 2.24) is 9.88 Å². The summed E-state index contributed by atoms with van der Waals surface area (Å²) in [5, 5.41) is 10.3. The van der Waals surface area contributed by atoms with Crippen LogP contribution < -0.4 is 4.90 Å². The minimum atomic E-state index is -0.876. The zero-order valence-electron chi connectivity index (χ0n) is 13.7. The van der Waals surface area contributed by atoms with E-state index in [0.717, 1.165) is 18.2 Å². The van der Waals surface area contributed by atoms with Gasteiger partial charge >= 0.3 is 5.97 Å². The molecule has 2 unspecified atom stereocenters. The molecule has 21 heavy (non-hydrogen) atoms. The first-order valence-electron chi connectivity index (χ1n) is 7.32.